The average molecular weight is 334 g/mol. The van der Waals surface area contributed by atoms with Crippen LogP contribution in [0.1, 0.15) is 0 Å². The van der Waals surface area contributed by atoms with Crippen LogP contribution in [0.5, 0.6) is 0 Å². The standard InChI is InChI=1S/C16H26N6O2/c23-15(14-17-4-5-20-10-12-24-13-11-20)21-6-8-22(9-7-21)16-18-2-1-3-19-16/h1-3,17H,4-14H2. The molecule has 2 aliphatic rings. The van der Waals surface area contributed by atoms with Crippen molar-refractivity contribution in [3.05, 3.63) is 18.5 Å². The van der Waals surface area contributed by atoms with Gasteiger partial charge in [0.15, 0.2) is 0 Å². The molecule has 0 spiro atoms. The zero-order chi connectivity index (χ0) is 16.6. The topological polar surface area (TPSA) is 73.8 Å². The minimum Gasteiger partial charge on any atom is -0.379 e. The van der Waals surface area contributed by atoms with Crippen molar-refractivity contribution in [2.75, 3.05) is 77.0 Å². The Kier molecular flexibility index (Phi) is 6.33. The van der Waals surface area contributed by atoms with Crippen molar-refractivity contribution in [3.8, 4) is 0 Å². The number of ether oxygens (including phenoxy) is 1. The molecule has 1 N–H and O–H groups in total. The molecule has 24 heavy (non-hydrogen) atoms. The third-order valence-corrected chi connectivity index (χ3v) is 4.45. The van der Waals surface area contributed by atoms with E-state index in [0.29, 0.717) is 6.54 Å². The van der Waals surface area contributed by atoms with E-state index in [2.05, 4.69) is 25.1 Å². The Morgan fingerprint density at radius 3 is 2.50 bits per heavy atom. The van der Waals surface area contributed by atoms with Crippen LogP contribution in [0.15, 0.2) is 18.5 Å². The lowest BCUT2D eigenvalue weighted by molar-refractivity contribution is -0.130. The van der Waals surface area contributed by atoms with Gasteiger partial charge < -0.3 is 19.9 Å². The lowest BCUT2D eigenvalue weighted by Gasteiger charge is -2.34. The smallest absolute Gasteiger partial charge is 0.236 e. The van der Waals surface area contributed by atoms with Gasteiger partial charge in [0.2, 0.25) is 11.9 Å². The average Bonchev–Trinajstić information content (AvgIpc) is 2.67. The molecule has 2 aliphatic heterocycles. The van der Waals surface area contributed by atoms with Crippen molar-refractivity contribution in [3.63, 3.8) is 0 Å². The van der Waals surface area contributed by atoms with Crippen LogP contribution in [0.4, 0.5) is 5.95 Å². The maximum Gasteiger partial charge on any atom is 0.236 e. The van der Waals surface area contributed by atoms with Crippen LogP contribution in [0.2, 0.25) is 0 Å². The van der Waals surface area contributed by atoms with Gasteiger partial charge >= 0.3 is 0 Å². The molecule has 132 valence electrons. The second-order valence-corrected chi connectivity index (χ2v) is 6.05. The summed E-state index contributed by atoms with van der Waals surface area (Å²) in [5, 5.41) is 3.26. The van der Waals surface area contributed by atoms with Gasteiger partial charge in [-0.1, -0.05) is 0 Å². The summed E-state index contributed by atoms with van der Waals surface area (Å²) in [6, 6.07) is 1.81. The summed E-state index contributed by atoms with van der Waals surface area (Å²) in [6.07, 6.45) is 3.50. The number of carbonyl (C=O) groups excluding carboxylic acids is 1. The molecular weight excluding hydrogens is 308 g/mol. The van der Waals surface area contributed by atoms with Crippen LogP contribution in [0, 0.1) is 0 Å². The Morgan fingerprint density at radius 1 is 1.08 bits per heavy atom. The highest BCUT2D eigenvalue weighted by molar-refractivity contribution is 5.78. The fourth-order valence-corrected chi connectivity index (χ4v) is 2.98. The highest BCUT2D eigenvalue weighted by Gasteiger charge is 2.22. The Morgan fingerprint density at radius 2 is 1.79 bits per heavy atom. The van der Waals surface area contributed by atoms with Crippen molar-refractivity contribution >= 4 is 11.9 Å². The number of rotatable bonds is 6. The molecule has 3 rings (SSSR count). The van der Waals surface area contributed by atoms with Gasteiger partial charge in [0.1, 0.15) is 0 Å². The quantitative estimate of drug-likeness (QED) is 0.672. The Labute approximate surface area is 142 Å². The van der Waals surface area contributed by atoms with E-state index in [1.807, 2.05) is 11.0 Å². The van der Waals surface area contributed by atoms with E-state index in [-0.39, 0.29) is 5.91 Å². The largest absolute Gasteiger partial charge is 0.379 e. The minimum atomic E-state index is 0.172. The number of carbonyl (C=O) groups is 1. The molecule has 0 unspecified atom stereocenters. The van der Waals surface area contributed by atoms with Gasteiger partial charge in [-0.25, -0.2) is 9.97 Å². The first-order valence-electron chi connectivity index (χ1n) is 8.63. The summed E-state index contributed by atoms with van der Waals surface area (Å²) >= 11 is 0. The molecule has 0 atom stereocenters. The summed E-state index contributed by atoms with van der Waals surface area (Å²) in [7, 11) is 0. The lowest BCUT2D eigenvalue weighted by Crippen LogP contribution is -2.51. The number of hydrogen-bond acceptors (Lipinski definition) is 7. The van der Waals surface area contributed by atoms with Crippen LogP contribution in [0.3, 0.4) is 0 Å². The van der Waals surface area contributed by atoms with Gasteiger partial charge in [-0.3, -0.25) is 9.69 Å². The van der Waals surface area contributed by atoms with Gasteiger partial charge in [0, 0.05) is 64.8 Å². The summed E-state index contributed by atoms with van der Waals surface area (Å²) in [5.74, 6) is 0.916. The third kappa shape index (κ3) is 4.86. The molecular formula is C16H26N6O2. The summed E-state index contributed by atoms with van der Waals surface area (Å²) in [4.78, 5) is 27.2. The van der Waals surface area contributed by atoms with E-state index in [1.165, 1.54) is 0 Å². The molecule has 8 heteroatoms. The molecule has 0 bridgehead atoms. The number of hydrogen-bond donors (Lipinski definition) is 1. The number of nitrogens with one attached hydrogen (secondary N) is 1. The maximum atomic E-state index is 12.3. The van der Waals surface area contributed by atoms with Crippen molar-refractivity contribution in [2.24, 2.45) is 0 Å². The molecule has 2 fully saturated rings. The zero-order valence-corrected chi connectivity index (χ0v) is 14.1. The number of morpholine rings is 1. The molecule has 8 nitrogen and oxygen atoms in total. The normalized spacial score (nSPS) is 19.5. The number of amides is 1. The SMILES string of the molecule is O=C(CNCCN1CCOCC1)N1CCN(c2ncccn2)CC1. The minimum absolute atomic E-state index is 0.172. The van der Waals surface area contributed by atoms with Gasteiger partial charge in [-0.2, -0.15) is 0 Å². The third-order valence-electron chi connectivity index (χ3n) is 4.45. The van der Waals surface area contributed by atoms with Gasteiger partial charge in [-0.05, 0) is 6.07 Å². The van der Waals surface area contributed by atoms with Crippen LogP contribution < -0.4 is 10.2 Å². The molecule has 0 aliphatic carbocycles. The van der Waals surface area contributed by atoms with E-state index >= 15 is 0 Å². The van der Waals surface area contributed by atoms with Crippen molar-refractivity contribution in [2.45, 2.75) is 0 Å². The molecule has 2 saturated heterocycles. The molecule has 3 heterocycles. The van der Waals surface area contributed by atoms with Gasteiger partial charge in [0.05, 0.1) is 19.8 Å². The first-order chi connectivity index (χ1) is 11.8. The van der Waals surface area contributed by atoms with Crippen molar-refractivity contribution in [1.82, 2.24) is 25.1 Å². The lowest BCUT2D eigenvalue weighted by atomic mass is 10.3. The Bertz CT molecular complexity index is 501. The number of piperazine rings is 1. The molecule has 1 amide bonds. The molecule has 1 aromatic heterocycles. The fraction of sp³-hybridized carbons (Fsp3) is 0.688. The summed E-state index contributed by atoms with van der Waals surface area (Å²) < 4.78 is 5.33. The van der Waals surface area contributed by atoms with Crippen molar-refractivity contribution in [1.29, 1.82) is 0 Å². The highest BCUT2D eigenvalue weighted by Crippen LogP contribution is 2.09. The van der Waals surface area contributed by atoms with Crippen LogP contribution >= 0.6 is 0 Å². The Balaban J connectivity index is 1.32. The number of aromatic nitrogens is 2. The monoisotopic (exact) mass is 334 g/mol. The van der Waals surface area contributed by atoms with E-state index in [4.69, 9.17) is 4.74 Å². The molecule has 1 aromatic rings. The first kappa shape index (κ1) is 17.1. The second kappa shape index (κ2) is 8.91. The molecule has 0 saturated carbocycles. The predicted octanol–water partition coefficient (Wildman–Crippen LogP) is -0.953. The van der Waals surface area contributed by atoms with E-state index < -0.39 is 0 Å². The number of nitrogens with zero attached hydrogens (tertiary/aromatic N) is 5. The van der Waals surface area contributed by atoms with Crippen LogP contribution in [0.25, 0.3) is 0 Å². The predicted molar refractivity (Wildman–Crippen MR) is 91.0 cm³/mol. The molecule has 0 radical (unpaired) electrons. The first-order valence-corrected chi connectivity index (χ1v) is 8.63. The Hall–Kier alpha value is -1.77. The van der Waals surface area contributed by atoms with E-state index in [1.54, 1.807) is 12.4 Å². The zero-order valence-electron chi connectivity index (χ0n) is 14.1. The van der Waals surface area contributed by atoms with Gasteiger partial charge in [-0.15, -0.1) is 0 Å². The summed E-state index contributed by atoms with van der Waals surface area (Å²) in [5.41, 5.74) is 0. The van der Waals surface area contributed by atoms with E-state index in [0.717, 1.165) is 71.5 Å². The maximum absolute atomic E-state index is 12.3. The molecule has 0 aromatic carbocycles. The second-order valence-electron chi connectivity index (χ2n) is 6.05. The highest BCUT2D eigenvalue weighted by atomic mass is 16.5. The fourth-order valence-electron chi connectivity index (χ4n) is 2.98. The number of anilines is 1. The van der Waals surface area contributed by atoms with E-state index in [9.17, 15) is 4.79 Å². The summed E-state index contributed by atoms with van der Waals surface area (Å²) in [6.45, 7) is 8.82. The van der Waals surface area contributed by atoms with Crippen LogP contribution in [-0.2, 0) is 9.53 Å². The van der Waals surface area contributed by atoms with Gasteiger partial charge in [0.25, 0.3) is 0 Å². The van der Waals surface area contributed by atoms with Crippen LogP contribution in [-0.4, -0.2) is 97.8 Å². The van der Waals surface area contributed by atoms with Crippen molar-refractivity contribution < 1.29 is 9.53 Å².